The maximum Gasteiger partial charge on any atom is 0.147 e. The van der Waals surface area contributed by atoms with Crippen molar-refractivity contribution in [2.24, 2.45) is 0 Å². The predicted octanol–water partition coefficient (Wildman–Crippen LogP) is 0.737. The molecule has 0 unspecified atom stereocenters. The standard InChI is InChI=1S/C11H9NSi/c1-2-6-10(7-3-1)13-11-8-4-5-9-12-11/h1-9H. The molecule has 0 aliphatic rings. The summed E-state index contributed by atoms with van der Waals surface area (Å²) in [4.78, 5) is 4.29. The van der Waals surface area contributed by atoms with Gasteiger partial charge in [0, 0.05) is 11.5 Å². The van der Waals surface area contributed by atoms with Crippen LogP contribution in [0.4, 0.5) is 0 Å². The summed E-state index contributed by atoms with van der Waals surface area (Å²) in [7, 11) is 0.666. The fraction of sp³-hybridized carbons (Fsp3) is 0. The minimum Gasteiger partial charge on any atom is -0.266 e. The second-order valence-corrected chi connectivity index (χ2v) is 4.05. The maximum absolute atomic E-state index is 4.29. The third-order valence-corrected chi connectivity index (χ3v) is 2.89. The van der Waals surface area contributed by atoms with Gasteiger partial charge in [-0.3, -0.25) is 4.98 Å². The fourth-order valence-corrected chi connectivity index (χ4v) is 2.08. The SMILES string of the molecule is c1ccc([Si]c2ccccn2)cc1. The zero-order chi connectivity index (χ0) is 8.93. The monoisotopic (exact) mass is 183 g/mol. The van der Waals surface area contributed by atoms with Crippen molar-refractivity contribution in [3.63, 3.8) is 0 Å². The highest BCUT2D eigenvalue weighted by Gasteiger charge is 1.96. The number of nitrogens with zero attached hydrogens (tertiary/aromatic N) is 1. The van der Waals surface area contributed by atoms with Crippen LogP contribution in [0, 0.1) is 0 Å². The molecule has 0 amide bonds. The summed E-state index contributed by atoms with van der Waals surface area (Å²) in [6, 6.07) is 16.5. The molecule has 2 rings (SSSR count). The highest BCUT2D eigenvalue weighted by molar-refractivity contribution is 6.66. The van der Waals surface area contributed by atoms with E-state index in [9.17, 15) is 0 Å². The molecule has 13 heavy (non-hydrogen) atoms. The number of pyridine rings is 1. The van der Waals surface area contributed by atoms with Crippen LogP contribution in [0.1, 0.15) is 0 Å². The minimum atomic E-state index is 0.666. The minimum absolute atomic E-state index is 0.666. The van der Waals surface area contributed by atoms with Crippen LogP contribution in [0.25, 0.3) is 0 Å². The molecule has 0 atom stereocenters. The normalized spacial score (nSPS) is 9.85. The summed E-state index contributed by atoms with van der Waals surface area (Å²) in [5, 5.41) is 2.48. The van der Waals surface area contributed by atoms with E-state index in [4.69, 9.17) is 0 Å². The molecule has 1 heterocycles. The molecule has 0 aliphatic carbocycles. The molecule has 0 bridgehead atoms. The van der Waals surface area contributed by atoms with Crippen LogP contribution in [0.2, 0.25) is 0 Å². The maximum atomic E-state index is 4.29. The molecule has 0 N–H and O–H groups in total. The van der Waals surface area contributed by atoms with Crippen molar-refractivity contribution in [3.8, 4) is 0 Å². The average Bonchev–Trinajstić information content (AvgIpc) is 2.21. The summed E-state index contributed by atoms with van der Waals surface area (Å²) >= 11 is 0. The first kappa shape index (κ1) is 8.20. The molecule has 0 fully saturated rings. The Hall–Kier alpha value is -1.41. The Morgan fingerprint density at radius 1 is 0.846 bits per heavy atom. The second-order valence-electron chi connectivity index (χ2n) is 2.71. The molecule has 0 spiro atoms. The van der Waals surface area contributed by atoms with Gasteiger partial charge in [-0.05, 0) is 12.1 Å². The van der Waals surface area contributed by atoms with E-state index in [0.717, 1.165) is 5.32 Å². The van der Waals surface area contributed by atoms with Crippen molar-refractivity contribution in [2.75, 3.05) is 0 Å². The third-order valence-electron chi connectivity index (χ3n) is 1.71. The zero-order valence-corrected chi connectivity index (χ0v) is 8.14. The quantitative estimate of drug-likeness (QED) is 0.626. The lowest BCUT2D eigenvalue weighted by Crippen LogP contribution is -2.28. The van der Waals surface area contributed by atoms with Crippen LogP contribution in [0.5, 0.6) is 0 Å². The Balaban J connectivity index is 2.16. The van der Waals surface area contributed by atoms with Gasteiger partial charge in [-0.2, -0.15) is 0 Å². The van der Waals surface area contributed by atoms with Crippen LogP contribution in [0.15, 0.2) is 54.7 Å². The van der Waals surface area contributed by atoms with Gasteiger partial charge in [-0.15, -0.1) is 0 Å². The molecule has 0 saturated heterocycles. The van der Waals surface area contributed by atoms with Gasteiger partial charge in [-0.25, -0.2) is 0 Å². The summed E-state index contributed by atoms with van der Waals surface area (Å²) < 4.78 is 0. The average molecular weight is 183 g/mol. The first-order chi connectivity index (χ1) is 6.45. The van der Waals surface area contributed by atoms with Gasteiger partial charge < -0.3 is 0 Å². The van der Waals surface area contributed by atoms with Gasteiger partial charge in [0.1, 0.15) is 9.52 Å². The number of rotatable bonds is 2. The Bertz CT molecular complexity index is 321. The van der Waals surface area contributed by atoms with E-state index in [1.807, 2.05) is 24.4 Å². The Labute approximate surface area is 80.3 Å². The van der Waals surface area contributed by atoms with Gasteiger partial charge >= 0.3 is 0 Å². The van der Waals surface area contributed by atoms with E-state index < -0.39 is 0 Å². The van der Waals surface area contributed by atoms with Crippen molar-refractivity contribution in [1.29, 1.82) is 0 Å². The van der Waals surface area contributed by atoms with Crippen LogP contribution in [-0.2, 0) is 0 Å². The zero-order valence-electron chi connectivity index (χ0n) is 7.14. The summed E-state index contributed by atoms with van der Waals surface area (Å²) in [5.41, 5.74) is 0. The van der Waals surface area contributed by atoms with E-state index in [2.05, 4.69) is 35.3 Å². The topological polar surface area (TPSA) is 12.9 Å². The van der Waals surface area contributed by atoms with E-state index >= 15 is 0 Å². The molecule has 2 aromatic rings. The van der Waals surface area contributed by atoms with E-state index in [0.29, 0.717) is 9.52 Å². The predicted molar refractivity (Wildman–Crippen MR) is 55.7 cm³/mol. The summed E-state index contributed by atoms with van der Waals surface area (Å²) in [5.74, 6) is 0. The largest absolute Gasteiger partial charge is 0.266 e. The highest BCUT2D eigenvalue weighted by atomic mass is 28.2. The first-order valence-corrected chi connectivity index (χ1v) is 5.18. The van der Waals surface area contributed by atoms with Crippen LogP contribution in [-0.4, -0.2) is 14.5 Å². The van der Waals surface area contributed by atoms with Crippen molar-refractivity contribution in [3.05, 3.63) is 54.7 Å². The van der Waals surface area contributed by atoms with Gasteiger partial charge in [0.15, 0.2) is 0 Å². The molecule has 1 aromatic carbocycles. The van der Waals surface area contributed by atoms with E-state index in [-0.39, 0.29) is 0 Å². The molecule has 1 nitrogen and oxygen atoms in total. The molecule has 2 heteroatoms. The van der Waals surface area contributed by atoms with Crippen molar-refractivity contribution in [1.82, 2.24) is 4.98 Å². The molecule has 62 valence electrons. The van der Waals surface area contributed by atoms with Crippen LogP contribution in [0.3, 0.4) is 0 Å². The Kier molecular flexibility index (Phi) is 2.53. The van der Waals surface area contributed by atoms with Gasteiger partial charge in [0.25, 0.3) is 0 Å². The van der Waals surface area contributed by atoms with Crippen LogP contribution >= 0.6 is 0 Å². The number of hydrogen-bond donors (Lipinski definition) is 0. The molecular formula is C11H9NSi. The molecular weight excluding hydrogens is 174 g/mol. The molecule has 0 aliphatic heterocycles. The van der Waals surface area contributed by atoms with E-state index in [1.165, 1.54) is 5.19 Å². The Morgan fingerprint density at radius 3 is 2.31 bits per heavy atom. The highest BCUT2D eigenvalue weighted by Crippen LogP contribution is 1.82. The summed E-state index contributed by atoms with van der Waals surface area (Å²) in [6.45, 7) is 0. The molecule has 0 saturated carbocycles. The first-order valence-electron chi connectivity index (χ1n) is 4.18. The summed E-state index contributed by atoms with van der Waals surface area (Å²) in [6.07, 6.45) is 1.84. The molecule has 2 radical (unpaired) electrons. The van der Waals surface area contributed by atoms with Gasteiger partial charge in [0.2, 0.25) is 0 Å². The van der Waals surface area contributed by atoms with E-state index in [1.54, 1.807) is 0 Å². The van der Waals surface area contributed by atoms with Crippen molar-refractivity contribution < 1.29 is 0 Å². The van der Waals surface area contributed by atoms with Crippen molar-refractivity contribution >= 4 is 20.0 Å². The van der Waals surface area contributed by atoms with Crippen molar-refractivity contribution in [2.45, 2.75) is 0 Å². The number of benzene rings is 1. The van der Waals surface area contributed by atoms with Gasteiger partial charge in [0.05, 0.1) is 0 Å². The lowest BCUT2D eigenvalue weighted by Gasteiger charge is -1.97. The molecule has 1 aromatic heterocycles. The fourth-order valence-electron chi connectivity index (χ4n) is 1.11. The smallest absolute Gasteiger partial charge is 0.147 e. The lowest BCUT2D eigenvalue weighted by molar-refractivity contribution is 1.39. The third kappa shape index (κ3) is 2.26. The number of hydrogen-bond acceptors (Lipinski definition) is 1. The van der Waals surface area contributed by atoms with Gasteiger partial charge in [-0.1, -0.05) is 41.6 Å². The second kappa shape index (κ2) is 4.01. The number of aromatic nitrogens is 1. The van der Waals surface area contributed by atoms with Crippen LogP contribution < -0.4 is 10.5 Å². The Morgan fingerprint density at radius 2 is 1.62 bits per heavy atom. The lowest BCUT2D eigenvalue weighted by atomic mass is 10.4.